The average Bonchev–Trinajstić information content (AvgIpc) is 2.48. The van der Waals surface area contributed by atoms with E-state index in [1.807, 2.05) is 24.0 Å². The lowest BCUT2D eigenvalue weighted by atomic mass is 10.2. The molecule has 0 unspecified atom stereocenters. The third kappa shape index (κ3) is 6.89. The molecule has 1 aromatic rings. The second-order valence-corrected chi connectivity index (χ2v) is 4.98. The number of allylic oxidation sites excluding steroid dienone is 3. The number of benzene rings is 1. The highest BCUT2D eigenvalue weighted by atomic mass is 19.1. The summed E-state index contributed by atoms with van der Waals surface area (Å²) in [7, 11) is 0. The molecule has 1 aromatic carbocycles. The molecular weight excluding hydrogens is 265 g/mol. The number of hydrogen-bond donors (Lipinski definition) is 0. The van der Waals surface area contributed by atoms with Gasteiger partial charge in [-0.25, -0.2) is 4.39 Å². The third-order valence-corrected chi connectivity index (χ3v) is 3.17. The van der Waals surface area contributed by atoms with Crippen LogP contribution in [0.5, 0.6) is 0 Å². The molecule has 1 amide bonds. The van der Waals surface area contributed by atoms with Crippen molar-refractivity contribution in [3.8, 4) is 0 Å². The Morgan fingerprint density at radius 3 is 2.52 bits per heavy atom. The minimum absolute atomic E-state index is 0.00599. The Labute approximate surface area is 127 Å². The standard InChI is InChI=1S/C18H24FNO/c1-3-5-7-9-18(21)20(14-8-6-4-2)15-16-10-12-17(19)13-11-16/h3,5,7,9-13H,4,6,8,14-15H2,1-2H3. The molecular formula is C18H24FNO. The second kappa shape index (κ2) is 9.92. The van der Waals surface area contributed by atoms with Crippen LogP contribution in [0.2, 0.25) is 0 Å². The normalized spacial score (nSPS) is 11.4. The van der Waals surface area contributed by atoms with Crippen molar-refractivity contribution in [1.82, 2.24) is 4.90 Å². The van der Waals surface area contributed by atoms with Crippen LogP contribution >= 0.6 is 0 Å². The largest absolute Gasteiger partial charge is 0.335 e. The van der Waals surface area contributed by atoms with Crippen LogP contribution in [0.15, 0.2) is 48.6 Å². The van der Waals surface area contributed by atoms with Crippen molar-refractivity contribution in [3.63, 3.8) is 0 Å². The molecule has 3 heteroatoms. The summed E-state index contributed by atoms with van der Waals surface area (Å²) in [6.07, 6.45) is 10.3. The van der Waals surface area contributed by atoms with Gasteiger partial charge in [0.25, 0.3) is 0 Å². The SMILES string of the molecule is CC=CC=CC(=O)N(CCCCC)Cc1ccc(F)cc1. The predicted molar refractivity (Wildman–Crippen MR) is 85.3 cm³/mol. The van der Waals surface area contributed by atoms with Gasteiger partial charge in [-0.2, -0.15) is 0 Å². The Balaban J connectivity index is 2.70. The molecule has 0 N–H and O–H groups in total. The van der Waals surface area contributed by atoms with Gasteiger partial charge in [-0.3, -0.25) is 4.79 Å². The molecule has 0 saturated heterocycles. The molecule has 0 heterocycles. The summed E-state index contributed by atoms with van der Waals surface area (Å²) in [5.74, 6) is -0.260. The summed E-state index contributed by atoms with van der Waals surface area (Å²) in [6.45, 7) is 5.29. The highest BCUT2D eigenvalue weighted by Crippen LogP contribution is 2.09. The monoisotopic (exact) mass is 289 g/mol. The van der Waals surface area contributed by atoms with Crippen LogP contribution in [-0.2, 0) is 11.3 Å². The summed E-state index contributed by atoms with van der Waals surface area (Å²) < 4.78 is 12.9. The molecule has 0 atom stereocenters. The zero-order valence-electron chi connectivity index (χ0n) is 12.9. The highest BCUT2D eigenvalue weighted by Gasteiger charge is 2.10. The van der Waals surface area contributed by atoms with Gasteiger partial charge in [-0.05, 0) is 31.0 Å². The van der Waals surface area contributed by atoms with Crippen molar-refractivity contribution in [1.29, 1.82) is 0 Å². The molecule has 0 aliphatic rings. The number of hydrogen-bond acceptors (Lipinski definition) is 1. The predicted octanol–water partition coefficient (Wildman–Crippen LogP) is 4.48. The molecule has 114 valence electrons. The van der Waals surface area contributed by atoms with Crippen LogP contribution in [0.25, 0.3) is 0 Å². The maximum atomic E-state index is 12.9. The fraction of sp³-hybridized carbons (Fsp3) is 0.389. The van der Waals surface area contributed by atoms with E-state index < -0.39 is 0 Å². The van der Waals surface area contributed by atoms with Crippen LogP contribution < -0.4 is 0 Å². The minimum atomic E-state index is -0.254. The van der Waals surface area contributed by atoms with E-state index in [0.29, 0.717) is 6.54 Å². The van der Waals surface area contributed by atoms with E-state index >= 15 is 0 Å². The van der Waals surface area contributed by atoms with E-state index in [9.17, 15) is 9.18 Å². The van der Waals surface area contributed by atoms with Crippen molar-refractivity contribution in [2.24, 2.45) is 0 Å². The Morgan fingerprint density at radius 1 is 1.19 bits per heavy atom. The van der Waals surface area contributed by atoms with E-state index in [1.54, 1.807) is 24.3 Å². The van der Waals surface area contributed by atoms with Gasteiger partial charge >= 0.3 is 0 Å². The first-order valence-electron chi connectivity index (χ1n) is 7.50. The summed E-state index contributed by atoms with van der Waals surface area (Å²) in [5, 5.41) is 0. The smallest absolute Gasteiger partial charge is 0.246 e. The van der Waals surface area contributed by atoms with Crippen molar-refractivity contribution in [2.75, 3.05) is 6.54 Å². The van der Waals surface area contributed by atoms with Gasteiger partial charge in [0.05, 0.1) is 0 Å². The maximum absolute atomic E-state index is 12.9. The van der Waals surface area contributed by atoms with E-state index in [4.69, 9.17) is 0 Å². The summed E-state index contributed by atoms with van der Waals surface area (Å²) >= 11 is 0. The average molecular weight is 289 g/mol. The van der Waals surface area contributed by atoms with Crippen molar-refractivity contribution < 1.29 is 9.18 Å². The number of halogens is 1. The highest BCUT2D eigenvalue weighted by molar-refractivity contribution is 5.87. The fourth-order valence-corrected chi connectivity index (χ4v) is 1.98. The molecule has 0 saturated carbocycles. The van der Waals surface area contributed by atoms with E-state index in [1.165, 1.54) is 12.1 Å². The first-order chi connectivity index (χ1) is 10.2. The first kappa shape index (κ1) is 17.2. The van der Waals surface area contributed by atoms with E-state index in [-0.39, 0.29) is 11.7 Å². The zero-order valence-corrected chi connectivity index (χ0v) is 12.9. The second-order valence-electron chi connectivity index (χ2n) is 4.98. The van der Waals surface area contributed by atoms with E-state index in [2.05, 4.69) is 6.92 Å². The molecule has 0 aromatic heterocycles. The van der Waals surface area contributed by atoms with Gasteiger partial charge in [-0.15, -0.1) is 0 Å². The van der Waals surface area contributed by atoms with Crippen molar-refractivity contribution in [2.45, 2.75) is 39.7 Å². The van der Waals surface area contributed by atoms with Crippen molar-refractivity contribution in [3.05, 3.63) is 60.0 Å². The summed E-state index contributed by atoms with van der Waals surface area (Å²) in [4.78, 5) is 14.0. The van der Waals surface area contributed by atoms with Crippen LogP contribution in [0.1, 0.15) is 38.7 Å². The lowest BCUT2D eigenvalue weighted by Gasteiger charge is -2.21. The van der Waals surface area contributed by atoms with Crippen molar-refractivity contribution >= 4 is 5.91 Å². The molecule has 0 radical (unpaired) electrons. The lowest BCUT2D eigenvalue weighted by Crippen LogP contribution is -2.30. The maximum Gasteiger partial charge on any atom is 0.246 e. The number of carbonyl (C=O) groups excluding carboxylic acids is 1. The summed E-state index contributed by atoms with van der Waals surface area (Å²) in [6, 6.07) is 6.32. The van der Waals surface area contributed by atoms with Gasteiger partial charge in [-0.1, -0.05) is 50.1 Å². The van der Waals surface area contributed by atoms with Gasteiger partial charge in [0.1, 0.15) is 5.82 Å². The molecule has 21 heavy (non-hydrogen) atoms. The Kier molecular flexibility index (Phi) is 8.10. The zero-order chi connectivity index (χ0) is 15.5. The van der Waals surface area contributed by atoms with Gasteiger partial charge in [0.2, 0.25) is 5.91 Å². The summed E-state index contributed by atoms with van der Waals surface area (Å²) in [5.41, 5.74) is 0.945. The topological polar surface area (TPSA) is 20.3 Å². The van der Waals surface area contributed by atoms with Gasteiger partial charge in [0.15, 0.2) is 0 Å². The van der Waals surface area contributed by atoms with Crippen LogP contribution in [0, 0.1) is 5.82 Å². The molecule has 0 aliphatic carbocycles. The number of nitrogens with zero attached hydrogens (tertiary/aromatic N) is 1. The number of amides is 1. The number of rotatable bonds is 8. The molecule has 0 fully saturated rings. The van der Waals surface area contributed by atoms with Crippen LogP contribution in [-0.4, -0.2) is 17.4 Å². The molecule has 2 nitrogen and oxygen atoms in total. The van der Waals surface area contributed by atoms with E-state index in [0.717, 1.165) is 31.4 Å². The number of unbranched alkanes of at least 4 members (excludes halogenated alkanes) is 2. The Morgan fingerprint density at radius 2 is 1.90 bits per heavy atom. The molecule has 0 bridgehead atoms. The molecule has 1 rings (SSSR count). The molecule has 0 spiro atoms. The molecule has 0 aliphatic heterocycles. The number of carbonyl (C=O) groups is 1. The first-order valence-corrected chi connectivity index (χ1v) is 7.50. The lowest BCUT2D eigenvalue weighted by molar-refractivity contribution is -0.126. The van der Waals surface area contributed by atoms with Crippen LogP contribution in [0.4, 0.5) is 4.39 Å². The Hall–Kier alpha value is -1.90. The van der Waals surface area contributed by atoms with Gasteiger partial charge < -0.3 is 4.90 Å². The quantitative estimate of drug-likeness (QED) is 0.392. The minimum Gasteiger partial charge on any atom is -0.335 e. The van der Waals surface area contributed by atoms with Crippen LogP contribution in [0.3, 0.4) is 0 Å². The fourth-order valence-electron chi connectivity index (χ4n) is 1.98. The third-order valence-electron chi connectivity index (χ3n) is 3.17. The Bertz CT molecular complexity index is 476. The van der Waals surface area contributed by atoms with Gasteiger partial charge in [0, 0.05) is 19.2 Å².